The van der Waals surface area contributed by atoms with E-state index in [1.807, 2.05) is 27.7 Å². The third-order valence-electron chi connectivity index (χ3n) is 11.9. The van der Waals surface area contributed by atoms with Gasteiger partial charge in [-0.1, -0.05) is 40.5 Å². The number of carbonyl (C=O) groups excluding carboxylic acids is 7. The number of likely N-dealkylation sites (N-methyl/N-ethyl adjacent to an activating group) is 2. The van der Waals surface area contributed by atoms with Crippen molar-refractivity contribution in [3.63, 3.8) is 0 Å². The van der Waals surface area contributed by atoms with Gasteiger partial charge in [0.1, 0.15) is 42.3 Å². The number of amides is 3. The van der Waals surface area contributed by atoms with E-state index in [0.717, 1.165) is 64.5 Å². The van der Waals surface area contributed by atoms with E-state index in [4.69, 9.17) is 53.6 Å². The molecule has 1 aliphatic carbocycles. The van der Waals surface area contributed by atoms with Crippen molar-refractivity contribution in [2.75, 3.05) is 27.2 Å². The number of esters is 4. The second kappa shape index (κ2) is 44.7. The number of aliphatic carboxylic acids is 6. The number of ether oxygens (including phenoxy) is 3. The highest BCUT2D eigenvalue weighted by Gasteiger charge is 2.31. The number of carbonyl (C=O) groups is 13. The molecule has 4 aliphatic rings. The Kier molecular flexibility index (Phi) is 43.2. The topological polar surface area (TPSA) is 535 Å². The minimum atomic E-state index is -1.26. The van der Waals surface area contributed by atoms with Crippen molar-refractivity contribution in [3.8, 4) is 0 Å². The van der Waals surface area contributed by atoms with E-state index < -0.39 is 108 Å². The molecule has 0 radical (unpaired) electrons. The fourth-order valence-corrected chi connectivity index (χ4v) is 7.07. The summed E-state index contributed by atoms with van der Waals surface area (Å²) in [6.45, 7) is 12.1. The largest absolute Gasteiger partial charge is 0.481 e. The Hall–Kier alpha value is -6.93. The minimum absolute atomic E-state index is 0.0185. The number of nitrogens with two attached hydrogens (primary N) is 4. The quantitative estimate of drug-likeness (QED) is 0.0306. The van der Waals surface area contributed by atoms with E-state index in [1.165, 1.54) is 13.8 Å². The van der Waals surface area contributed by atoms with Crippen LogP contribution < -0.4 is 49.5 Å². The van der Waals surface area contributed by atoms with Crippen LogP contribution in [0.15, 0.2) is 0 Å². The zero-order chi connectivity index (χ0) is 63.8. The molecule has 4 fully saturated rings. The molecular weight excluding hydrogens is 1090 g/mol. The molecule has 4 rings (SSSR count). The van der Waals surface area contributed by atoms with Gasteiger partial charge in [-0.05, 0) is 123 Å². The lowest BCUT2D eigenvalue weighted by Gasteiger charge is -2.17. The van der Waals surface area contributed by atoms with E-state index in [9.17, 15) is 62.3 Å². The Morgan fingerprint density at radius 2 is 0.951 bits per heavy atom. The van der Waals surface area contributed by atoms with E-state index >= 15 is 0 Å². The van der Waals surface area contributed by atoms with E-state index in [1.54, 1.807) is 14.1 Å². The van der Waals surface area contributed by atoms with Crippen LogP contribution in [0.4, 0.5) is 0 Å². The van der Waals surface area contributed by atoms with Crippen LogP contribution in [0.5, 0.6) is 0 Å². The zero-order valence-corrected chi connectivity index (χ0v) is 48.2. The highest BCUT2D eigenvalue weighted by atomic mass is 16.6. The van der Waals surface area contributed by atoms with Crippen molar-refractivity contribution < 1.29 is 107 Å². The molecule has 0 bridgehead atoms. The van der Waals surface area contributed by atoms with Crippen LogP contribution in [-0.2, 0) is 76.5 Å². The average molecular weight is 1180 g/mol. The predicted molar refractivity (Wildman–Crippen MR) is 291 cm³/mol. The number of hydrogen-bond donors (Lipinski definition) is 15. The van der Waals surface area contributed by atoms with Gasteiger partial charge in [0.25, 0.3) is 0 Å². The Morgan fingerprint density at radius 1 is 0.537 bits per heavy atom. The van der Waals surface area contributed by atoms with Crippen molar-refractivity contribution in [2.24, 2.45) is 40.7 Å². The summed E-state index contributed by atoms with van der Waals surface area (Å²) in [4.78, 5) is 139. The molecule has 3 aliphatic heterocycles. The first-order valence-electron chi connectivity index (χ1n) is 26.8. The zero-order valence-electron chi connectivity index (χ0n) is 48.2. The van der Waals surface area contributed by atoms with Crippen LogP contribution >= 0.6 is 0 Å². The van der Waals surface area contributed by atoms with E-state index in [-0.39, 0.29) is 68.0 Å². The minimum Gasteiger partial charge on any atom is -0.481 e. The van der Waals surface area contributed by atoms with Crippen molar-refractivity contribution in [2.45, 2.75) is 199 Å². The van der Waals surface area contributed by atoms with Crippen molar-refractivity contribution in [1.82, 2.24) is 26.6 Å². The number of primary amides is 2. The summed E-state index contributed by atoms with van der Waals surface area (Å²) < 4.78 is 13.8. The van der Waals surface area contributed by atoms with Gasteiger partial charge in [0, 0.05) is 19.3 Å². The van der Waals surface area contributed by atoms with Gasteiger partial charge < -0.3 is 94.4 Å². The summed E-state index contributed by atoms with van der Waals surface area (Å²) in [6, 6.07) is -4.21. The maximum Gasteiger partial charge on any atom is 0.344 e. The molecule has 3 heterocycles. The Balaban J connectivity index is -0.000000908. The highest BCUT2D eigenvalue weighted by Crippen LogP contribution is 2.24. The maximum atomic E-state index is 11.7. The molecule has 31 nitrogen and oxygen atoms in total. The monoisotopic (exact) mass is 1180 g/mol. The summed E-state index contributed by atoms with van der Waals surface area (Å²) >= 11 is 0. The highest BCUT2D eigenvalue weighted by molar-refractivity contribution is 5.91. The molecule has 19 N–H and O–H groups in total. The van der Waals surface area contributed by atoms with Crippen LogP contribution in [0, 0.1) is 17.8 Å². The van der Waals surface area contributed by atoms with Crippen molar-refractivity contribution in [3.05, 3.63) is 0 Å². The lowest BCUT2D eigenvalue weighted by molar-refractivity contribution is -0.164. The van der Waals surface area contributed by atoms with Gasteiger partial charge in [-0.15, -0.1) is 0 Å². The van der Waals surface area contributed by atoms with Crippen LogP contribution in [0.3, 0.4) is 0 Å². The molecule has 82 heavy (non-hydrogen) atoms. The third kappa shape index (κ3) is 40.3. The molecule has 3 amide bonds. The Bertz CT molecular complexity index is 1970. The summed E-state index contributed by atoms with van der Waals surface area (Å²) in [5.41, 5.74) is 20.6. The first-order chi connectivity index (χ1) is 38.1. The summed E-state index contributed by atoms with van der Waals surface area (Å²) in [5.74, 6) is -8.98. The molecule has 3 saturated heterocycles. The van der Waals surface area contributed by atoms with Crippen LogP contribution in [0.1, 0.15) is 144 Å². The molecule has 1 saturated carbocycles. The number of nitrogens with one attached hydrogen (secondary N) is 5. The molecule has 31 heteroatoms. The SMILES string of the molecule is CNC(CC(C)C)C(=O)O.CNC(CC(C)C)C(=O)OC(=O)C(N)CCC(N)=O.C[C@H](OC(=O)C(N)CCC(N)=O)C(=O)O.C[C@H](OC(=O)[C@@H]1CCC(=O)N1)C(=O)O.O=C(O)C1CCCC1.O=C(O)C1CCCN1.O=C(O)[C@@H]1CCCN1. The van der Waals surface area contributed by atoms with Crippen LogP contribution in [0.2, 0.25) is 0 Å². The normalized spacial score (nSPS) is 18.9. The lowest BCUT2D eigenvalue weighted by Crippen LogP contribution is -2.41. The number of hydrogen-bond acceptors (Lipinski definition) is 22. The second-order valence-corrected chi connectivity index (χ2v) is 20.0. The number of rotatable bonds is 24. The molecule has 5 unspecified atom stereocenters. The molecular formula is C51H91N9O22. The smallest absolute Gasteiger partial charge is 0.344 e. The summed E-state index contributed by atoms with van der Waals surface area (Å²) in [6.07, 6.45) is 7.07. The molecule has 9 atom stereocenters. The molecule has 472 valence electrons. The Morgan fingerprint density at radius 3 is 1.23 bits per heavy atom. The fourth-order valence-electron chi connectivity index (χ4n) is 7.07. The first kappa shape index (κ1) is 79.3. The standard InChI is InChI=1S/C12H23N3O4.C8H14N2O5.C8H11NO5.C7H15NO2.C6H10O2.2C5H9NO2/c1-7(2)6-9(15-3)12(18)19-11(17)8(13)4-5-10(14)16;1-4(7(12)13)15-8(14)5(9)2-3-6(10)11;1-4(7(11)12)14-8(13)5-2-3-6(10)9-5;1-5(2)4-6(8-3)7(9)10;7-6(8)5-3-1-2-4-5;2*7-5(8)4-2-1-3-6-4/h7-9,15H,4-6,13H2,1-3H3,(H2,14,16);4-5H,2-3,9H2,1H3,(H2,10,11)(H,12,13);4-5H,2-3H2,1H3,(H,9,10)(H,11,12);5-6,8H,4H2,1-3H3,(H,9,10);5H,1-4H2,(H,7,8);2*4,6H,1-3H2,(H,7,8)/t;4-,5?;4-,5-;;;4-;/m.00..0./s1. The van der Waals surface area contributed by atoms with Gasteiger partial charge in [-0.2, -0.15) is 0 Å². The fraction of sp³-hybridized carbons (Fsp3) is 0.745. The predicted octanol–water partition coefficient (Wildman–Crippen LogP) is -1.23. The molecule has 0 aromatic carbocycles. The average Bonchev–Trinajstić information content (AvgIpc) is 4.26. The first-order valence-corrected chi connectivity index (χ1v) is 26.8. The molecule has 0 aromatic heterocycles. The number of carboxylic acid groups (broad SMARTS) is 6. The van der Waals surface area contributed by atoms with Gasteiger partial charge in [0.15, 0.2) is 12.2 Å². The van der Waals surface area contributed by atoms with Crippen LogP contribution in [-0.4, -0.2) is 190 Å². The van der Waals surface area contributed by atoms with Crippen molar-refractivity contribution in [1.29, 1.82) is 0 Å². The molecule has 0 aromatic rings. The maximum absolute atomic E-state index is 11.7. The summed E-state index contributed by atoms with van der Waals surface area (Å²) in [7, 11) is 3.28. The van der Waals surface area contributed by atoms with Gasteiger partial charge in [0.05, 0.1) is 5.92 Å². The van der Waals surface area contributed by atoms with Gasteiger partial charge in [0.2, 0.25) is 17.7 Å². The second-order valence-electron chi connectivity index (χ2n) is 20.0. The lowest BCUT2D eigenvalue weighted by atomic mass is 10.0. The Labute approximate surface area is 476 Å². The summed E-state index contributed by atoms with van der Waals surface area (Å²) in [5, 5.41) is 64.2. The third-order valence-corrected chi connectivity index (χ3v) is 11.9. The van der Waals surface area contributed by atoms with E-state index in [0.29, 0.717) is 25.2 Å². The molecule has 0 spiro atoms. The number of carboxylic acids is 6. The van der Waals surface area contributed by atoms with Gasteiger partial charge in [-0.3, -0.25) is 38.4 Å². The van der Waals surface area contributed by atoms with Gasteiger partial charge in [-0.25, -0.2) is 24.0 Å². The van der Waals surface area contributed by atoms with Gasteiger partial charge >= 0.3 is 59.7 Å². The van der Waals surface area contributed by atoms with E-state index in [2.05, 4.69) is 40.8 Å². The van der Waals surface area contributed by atoms with Crippen molar-refractivity contribution >= 4 is 77.4 Å². The van der Waals surface area contributed by atoms with Crippen LogP contribution in [0.25, 0.3) is 0 Å².